The Labute approximate surface area is 120 Å². The molecular formula is C15H12N2O4. The highest BCUT2D eigenvalue weighted by molar-refractivity contribution is 5.90. The van der Waals surface area contributed by atoms with Crippen molar-refractivity contribution in [3.63, 3.8) is 0 Å². The highest BCUT2D eigenvalue weighted by Crippen LogP contribution is 2.27. The number of nitrogens with zero attached hydrogens (tertiary/aromatic N) is 1. The van der Waals surface area contributed by atoms with Gasteiger partial charge < -0.3 is 19.9 Å². The van der Waals surface area contributed by atoms with Gasteiger partial charge in [-0.05, 0) is 36.4 Å². The fourth-order valence-corrected chi connectivity index (χ4v) is 1.81. The third-order valence-electron chi connectivity index (χ3n) is 2.84. The molecule has 0 atom stereocenters. The van der Waals surface area contributed by atoms with E-state index in [9.17, 15) is 4.79 Å². The lowest BCUT2D eigenvalue weighted by Gasteiger charge is -2.11. The second-order valence-electron chi connectivity index (χ2n) is 4.29. The Hall–Kier alpha value is -3.02. The van der Waals surface area contributed by atoms with Gasteiger partial charge >= 0.3 is 0 Å². The standard InChI is InChI=1S/C15H12N2O4/c16-14(18)13-6-5-12(9-17-13)21-11-3-1-10(2-4-11)15-19-7-8-20-15/h1-9,15H,(H2,16,18). The number of aromatic nitrogens is 1. The second-order valence-corrected chi connectivity index (χ2v) is 4.29. The highest BCUT2D eigenvalue weighted by atomic mass is 16.7. The van der Waals surface area contributed by atoms with Crippen molar-refractivity contribution < 1.29 is 19.0 Å². The number of hydrogen-bond donors (Lipinski definition) is 1. The number of benzene rings is 1. The minimum atomic E-state index is -0.573. The number of ether oxygens (including phenoxy) is 3. The summed E-state index contributed by atoms with van der Waals surface area (Å²) in [7, 11) is 0. The first-order chi connectivity index (χ1) is 10.2. The van der Waals surface area contributed by atoms with Crippen LogP contribution in [0.3, 0.4) is 0 Å². The van der Waals surface area contributed by atoms with E-state index < -0.39 is 12.2 Å². The lowest BCUT2D eigenvalue weighted by atomic mass is 10.2. The van der Waals surface area contributed by atoms with Gasteiger partial charge in [0.25, 0.3) is 12.2 Å². The molecule has 2 heterocycles. The lowest BCUT2D eigenvalue weighted by molar-refractivity contribution is -0.0246. The van der Waals surface area contributed by atoms with Crippen molar-refractivity contribution in [1.82, 2.24) is 4.98 Å². The van der Waals surface area contributed by atoms with Crippen LogP contribution in [0.1, 0.15) is 22.3 Å². The fourth-order valence-electron chi connectivity index (χ4n) is 1.81. The molecule has 6 heteroatoms. The van der Waals surface area contributed by atoms with Gasteiger partial charge in [-0.3, -0.25) is 4.79 Å². The highest BCUT2D eigenvalue weighted by Gasteiger charge is 2.15. The quantitative estimate of drug-likeness (QED) is 0.932. The zero-order valence-corrected chi connectivity index (χ0v) is 10.9. The summed E-state index contributed by atoms with van der Waals surface area (Å²) in [6, 6.07) is 10.4. The lowest BCUT2D eigenvalue weighted by Crippen LogP contribution is -2.12. The Kier molecular flexibility index (Phi) is 3.42. The predicted octanol–water partition coefficient (Wildman–Crippen LogP) is 2.49. The van der Waals surface area contributed by atoms with Crippen LogP contribution in [0.5, 0.6) is 11.5 Å². The molecule has 0 spiro atoms. The van der Waals surface area contributed by atoms with Crippen LogP contribution >= 0.6 is 0 Å². The minimum Gasteiger partial charge on any atom is -0.456 e. The summed E-state index contributed by atoms with van der Waals surface area (Å²) in [6.07, 6.45) is 4.04. The van der Waals surface area contributed by atoms with Crippen LogP contribution in [0.2, 0.25) is 0 Å². The van der Waals surface area contributed by atoms with E-state index in [4.69, 9.17) is 19.9 Å². The van der Waals surface area contributed by atoms with Crippen LogP contribution in [-0.2, 0) is 9.47 Å². The molecule has 0 saturated carbocycles. The van der Waals surface area contributed by atoms with Gasteiger partial charge in [-0.2, -0.15) is 0 Å². The summed E-state index contributed by atoms with van der Waals surface area (Å²) in [5.41, 5.74) is 6.20. The molecule has 0 unspecified atom stereocenters. The van der Waals surface area contributed by atoms with E-state index in [1.165, 1.54) is 24.8 Å². The van der Waals surface area contributed by atoms with Crippen molar-refractivity contribution in [3.05, 3.63) is 66.4 Å². The summed E-state index contributed by atoms with van der Waals surface area (Å²) in [6.45, 7) is 0. The number of carbonyl (C=O) groups is 1. The monoisotopic (exact) mass is 284 g/mol. The summed E-state index contributed by atoms with van der Waals surface area (Å²) in [4.78, 5) is 14.8. The molecule has 2 N–H and O–H groups in total. The normalized spacial score (nSPS) is 13.5. The molecule has 1 aromatic carbocycles. The molecule has 2 aromatic rings. The van der Waals surface area contributed by atoms with E-state index >= 15 is 0 Å². The summed E-state index contributed by atoms with van der Waals surface area (Å²) in [5, 5.41) is 0. The molecule has 0 aliphatic carbocycles. The van der Waals surface area contributed by atoms with E-state index in [1.54, 1.807) is 18.2 Å². The Morgan fingerprint density at radius 2 is 1.71 bits per heavy atom. The Balaban J connectivity index is 1.68. The van der Waals surface area contributed by atoms with Crippen molar-refractivity contribution in [3.8, 4) is 11.5 Å². The maximum absolute atomic E-state index is 10.9. The number of rotatable bonds is 4. The van der Waals surface area contributed by atoms with Crippen LogP contribution in [-0.4, -0.2) is 10.9 Å². The maximum Gasteiger partial charge on any atom is 0.267 e. The average Bonchev–Trinajstić information content (AvgIpc) is 3.03. The third kappa shape index (κ3) is 2.94. The first-order valence-corrected chi connectivity index (χ1v) is 6.22. The third-order valence-corrected chi connectivity index (χ3v) is 2.84. The number of nitrogens with two attached hydrogens (primary N) is 1. The zero-order valence-electron chi connectivity index (χ0n) is 10.9. The van der Waals surface area contributed by atoms with Gasteiger partial charge in [0, 0.05) is 5.56 Å². The van der Waals surface area contributed by atoms with Crippen molar-refractivity contribution in [1.29, 1.82) is 0 Å². The van der Waals surface area contributed by atoms with Crippen LogP contribution in [0.4, 0.5) is 0 Å². The summed E-state index contributed by atoms with van der Waals surface area (Å²) >= 11 is 0. The van der Waals surface area contributed by atoms with E-state index in [-0.39, 0.29) is 5.69 Å². The SMILES string of the molecule is NC(=O)c1ccc(Oc2ccc(C3OC=CO3)cc2)cn1. The van der Waals surface area contributed by atoms with E-state index in [1.807, 2.05) is 12.1 Å². The van der Waals surface area contributed by atoms with E-state index in [2.05, 4.69) is 4.98 Å². The first kappa shape index (κ1) is 13.0. The summed E-state index contributed by atoms with van der Waals surface area (Å²) in [5.74, 6) is 0.581. The number of primary amides is 1. The largest absolute Gasteiger partial charge is 0.456 e. The molecule has 0 bridgehead atoms. The van der Waals surface area contributed by atoms with E-state index in [0.717, 1.165) is 5.56 Å². The van der Waals surface area contributed by atoms with Crippen molar-refractivity contribution in [2.75, 3.05) is 0 Å². The van der Waals surface area contributed by atoms with Crippen LogP contribution in [0.15, 0.2) is 55.1 Å². The van der Waals surface area contributed by atoms with Gasteiger partial charge in [0.2, 0.25) is 0 Å². The molecule has 21 heavy (non-hydrogen) atoms. The van der Waals surface area contributed by atoms with Crippen LogP contribution in [0, 0.1) is 0 Å². The number of carbonyl (C=O) groups excluding carboxylic acids is 1. The van der Waals surface area contributed by atoms with Crippen molar-refractivity contribution in [2.24, 2.45) is 5.73 Å². The van der Waals surface area contributed by atoms with Gasteiger partial charge in [0.15, 0.2) is 0 Å². The molecule has 1 aliphatic heterocycles. The Bertz CT molecular complexity index is 657. The average molecular weight is 284 g/mol. The molecule has 0 radical (unpaired) electrons. The van der Waals surface area contributed by atoms with Gasteiger partial charge in [-0.15, -0.1) is 0 Å². The van der Waals surface area contributed by atoms with Crippen LogP contribution in [0.25, 0.3) is 0 Å². The van der Waals surface area contributed by atoms with Crippen molar-refractivity contribution in [2.45, 2.75) is 6.29 Å². The van der Waals surface area contributed by atoms with Gasteiger partial charge in [0.1, 0.15) is 29.7 Å². The molecule has 106 valence electrons. The van der Waals surface area contributed by atoms with Crippen molar-refractivity contribution >= 4 is 5.91 Å². The zero-order chi connectivity index (χ0) is 14.7. The molecular weight excluding hydrogens is 272 g/mol. The topological polar surface area (TPSA) is 83.7 Å². The van der Waals surface area contributed by atoms with E-state index in [0.29, 0.717) is 11.5 Å². The number of amides is 1. The maximum atomic E-state index is 10.9. The molecule has 3 rings (SSSR count). The summed E-state index contributed by atoms with van der Waals surface area (Å²) < 4.78 is 16.1. The van der Waals surface area contributed by atoms with Crippen LogP contribution < -0.4 is 10.5 Å². The fraction of sp³-hybridized carbons (Fsp3) is 0.0667. The van der Waals surface area contributed by atoms with Gasteiger partial charge in [-0.25, -0.2) is 4.98 Å². The van der Waals surface area contributed by atoms with Gasteiger partial charge in [0.05, 0.1) is 6.20 Å². The molecule has 1 amide bonds. The molecule has 0 saturated heterocycles. The molecule has 1 aromatic heterocycles. The molecule has 1 aliphatic rings. The predicted molar refractivity (Wildman–Crippen MR) is 73.3 cm³/mol. The second kappa shape index (κ2) is 5.54. The molecule has 0 fully saturated rings. The minimum absolute atomic E-state index is 0.195. The molecule has 6 nitrogen and oxygen atoms in total. The Morgan fingerprint density at radius 1 is 1.05 bits per heavy atom. The number of pyridine rings is 1. The van der Waals surface area contributed by atoms with Gasteiger partial charge in [-0.1, -0.05) is 0 Å². The first-order valence-electron chi connectivity index (χ1n) is 6.22. The Morgan fingerprint density at radius 3 is 2.29 bits per heavy atom. The smallest absolute Gasteiger partial charge is 0.267 e. The number of hydrogen-bond acceptors (Lipinski definition) is 5.